The number of ether oxygens (including phenoxy) is 1. The zero-order valence-electron chi connectivity index (χ0n) is 12.7. The standard InChI is InChI=1S/C18H16FN3O/c1-13-18(23-13,10-22-12-20-11-21-22)15-8-6-14(7-9-15)16-4-2-3-5-17(16)19/h2-9,11-13H,10H2,1H3. The van der Waals surface area contributed by atoms with Crippen LogP contribution >= 0.6 is 0 Å². The maximum absolute atomic E-state index is 13.9. The minimum atomic E-state index is -0.374. The van der Waals surface area contributed by atoms with E-state index in [1.165, 1.54) is 12.4 Å². The molecule has 0 radical (unpaired) electrons. The molecule has 116 valence electrons. The molecule has 4 nitrogen and oxygen atoms in total. The monoisotopic (exact) mass is 309 g/mol. The fourth-order valence-electron chi connectivity index (χ4n) is 3.02. The molecule has 1 aliphatic rings. The van der Waals surface area contributed by atoms with E-state index < -0.39 is 0 Å². The van der Waals surface area contributed by atoms with Gasteiger partial charge in [0.1, 0.15) is 24.1 Å². The highest BCUT2D eigenvalue weighted by molar-refractivity contribution is 5.64. The van der Waals surface area contributed by atoms with Gasteiger partial charge in [0.05, 0.1) is 12.6 Å². The van der Waals surface area contributed by atoms with E-state index in [1.54, 1.807) is 23.1 Å². The molecule has 2 heterocycles. The Morgan fingerprint density at radius 3 is 2.52 bits per heavy atom. The third-order valence-electron chi connectivity index (χ3n) is 4.41. The van der Waals surface area contributed by atoms with Gasteiger partial charge in [-0.15, -0.1) is 0 Å². The molecule has 1 aliphatic heterocycles. The summed E-state index contributed by atoms with van der Waals surface area (Å²) in [5.74, 6) is -0.214. The summed E-state index contributed by atoms with van der Waals surface area (Å²) in [6.07, 6.45) is 3.32. The molecule has 0 N–H and O–H groups in total. The van der Waals surface area contributed by atoms with Crippen molar-refractivity contribution in [1.29, 1.82) is 0 Å². The van der Waals surface area contributed by atoms with Crippen LogP contribution in [0.5, 0.6) is 0 Å². The lowest BCUT2D eigenvalue weighted by atomic mass is 9.93. The van der Waals surface area contributed by atoms with Gasteiger partial charge < -0.3 is 4.74 Å². The number of aromatic nitrogens is 3. The predicted octanol–water partition coefficient (Wildman–Crippen LogP) is 3.40. The van der Waals surface area contributed by atoms with Crippen molar-refractivity contribution >= 4 is 0 Å². The number of rotatable bonds is 4. The normalized spacial score (nSPS) is 23.0. The van der Waals surface area contributed by atoms with Crippen LogP contribution in [0.25, 0.3) is 11.1 Å². The Hall–Kier alpha value is -2.53. The van der Waals surface area contributed by atoms with E-state index in [1.807, 2.05) is 37.3 Å². The number of nitrogens with zero attached hydrogens (tertiary/aromatic N) is 3. The van der Waals surface area contributed by atoms with Crippen molar-refractivity contribution in [1.82, 2.24) is 14.8 Å². The molecule has 1 saturated heterocycles. The van der Waals surface area contributed by atoms with E-state index in [9.17, 15) is 4.39 Å². The molecule has 2 unspecified atom stereocenters. The number of benzene rings is 2. The van der Waals surface area contributed by atoms with Crippen LogP contribution in [0.3, 0.4) is 0 Å². The third-order valence-corrected chi connectivity index (χ3v) is 4.41. The molecule has 0 aliphatic carbocycles. The highest BCUT2D eigenvalue weighted by atomic mass is 19.1. The van der Waals surface area contributed by atoms with E-state index in [4.69, 9.17) is 4.74 Å². The van der Waals surface area contributed by atoms with Gasteiger partial charge in [-0.3, -0.25) is 0 Å². The van der Waals surface area contributed by atoms with Crippen LogP contribution in [-0.2, 0) is 16.9 Å². The van der Waals surface area contributed by atoms with E-state index in [2.05, 4.69) is 10.1 Å². The maximum atomic E-state index is 13.9. The van der Waals surface area contributed by atoms with Crippen molar-refractivity contribution in [3.63, 3.8) is 0 Å². The van der Waals surface area contributed by atoms with Gasteiger partial charge in [-0.1, -0.05) is 42.5 Å². The summed E-state index contributed by atoms with van der Waals surface area (Å²) in [4.78, 5) is 3.97. The smallest absolute Gasteiger partial charge is 0.139 e. The first-order valence-electron chi connectivity index (χ1n) is 7.55. The summed E-state index contributed by atoms with van der Waals surface area (Å²) in [6.45, 7) is 2.66. The molecule has 2 atom stereocenters. The van der Waals surface area contributed by atoms with Gasteiger partial charge >= 0.3 is 0 Å². The quantitative estimate of drug-likeness (QED) is 0.694. The van der Waals surface area contributed by atoms with Gasteiger partial charge in [0, 0.05) is 5.56 Å². The number of hydrogen-bond donors (Lipinski definition) is 0. The molecule has 0 saturated carbocycles. The second kappa shape index (κ2) is 5.28. The minimum absolute atomic E-state index is 0.117. The molecule has 1 aromatic heterocycles. The molecule has 0 bridgehead atoms. The summed E-state index contributed by atoms with van der Waals surface area (Å²) in [7, 11) is 0. The molecule has 0 spiro atoms. The summed E-state index contributed by atoms with van der Waals surface area (Å²) in [5.41, 5.74) is 2.16. The Bertz CT molecular complexity index is 817. The van der Waals surface area contributed by atoms with Gasteiger partial charge in [0.25, 0.3) is 0 Å². The Morgan fingerprint density at radius 2 is 1.91 bits per heavy atom. The average Bonchev–Trinajstić information content (AvgIpc) is 2.97. The van der Waals surface area contributed by atoms with Crippen LogP contribution in [-0.4, -0.2) is 20.9 Å². The Kier molecular flexibility index (Phi) is 3.23. The first-order valence-corrected chi connectivity index (χ1v) is 7.55. The van der Waals surface area contributed by atoms with Crippen LogP contribution < -0.4 is 0 Å². The lowest BCUT2D eigenvalue weighted by Gasteiger charge is -2.14. The lowest BCUT2D eigenvalue weighted by molar-refractivity contribution is 0.263. The van der Waals surface area contributed by atoms with Crippen molar-refractivity contribution in [3.05, 3.63) is 72.6 Å². The van der Waals surface area contributed by atoms with Crippen molar-refractivity contribution in [3.8, 4) is 11.1 Å². The van der Waals surface area contributed by atoms with E-state index in [-0.39, 0.29) is 17.5 Å². The molecular weight excluding hydrogens is 293 g/mol. The molecule has 3 aromatic rings. The first-order chi connectivity index (χ1) is 11.2. The Morgan fingerprint density at radius 1 is 1.17 bits per heavy atom. The van der Waals surface area contributed by atoms with Gasteiger partial charge in [0.2, 0.25) is 0 Å². The zero-order chi connectivity index (χ0) is 15.9. The van der Waals surface area contributed by atoms with Gasteiger partial charge in [-0.25, -0.2) is 14.1 Å². The largest absolute Gasteiger partial charge is 0.359 e. The minimum Gasteiger partial charge on any atom is -0.359 e. The van der Waals surface area contributed by atoms with Crippen LogP contribution in [0.1, 0.15) is 12.5 Å². The van der Waals surface area contributed by atoms with Gasteiger partial charge in [-0.05, 0) is 24.1 Å². The fourth-order valence-corrected chi connectivity index (χ4v) is 3.02. The third kappa shape index (κ3) is 2.43. The topological polar surface area (TPSA) is 43.2 Å². The molecule has 4 rings (SSSR count). The van der Waals surface area contributed by atoms with Crippen molar-refractivity contribution in [2.24, 2.45) is 0 Å². The number of halogens is 1. The van der Waals surface area contributed by atoms with Crippen LogP contribution in [0.15, 0.2) is 61.2 Å². The molecule has 0 amide bonds. The van der Waals surface area contributed by atoms with Crippen LogP contribution in [0, 0.1) is 5.82 Å². The van der Waals surface area contributed by atoms with Crippen LogP contribution in [0.4, 0.5) is 4.39 Å². The highest BCUT2D eigenvalue weighted by Crippen LogP contribution is 2.47. The molecular formula is C18H16FN3O. The molecule has 2 aromatic carbocycles. The highest BCUT2D eigenvalue weighted by Gasteiger charge is 2.55. The Balaban J connectivity index is 1.64. The number of epoxide rings is 1. The van der Waals surface area contributed by atoms with E-state index in [0.29, 0.717) is 12.1 Å². The second-order valence-corrected chi connectivity index (χ2v) is 5.80. The van der Waals surface area contributed by atoms with Gasteiger partial charge in [-0.2, -0.15) is 5.10 Å². The summed E-state index contributed by atoms with van der Waals surface area (Å²) in [5, 5.41) is 4.15. The van der Waals surface area contributed by atoms with Crippen molar-refractivity contribution in [2.45, 2.75) is 25.2 Å². The average molecular weight is 309 g/mol. The summed E-state index contributed by atoms with van der Waals surface area (Å²) >= 11 is 0. The maximum Gasteiger partial charge on any atom is 0.139 e. The second-order valence-electron chi connectivity index (χ2n) is 5.80. The van der Waals surface area contributed by atoms with Crippen LogP contribution in [0.2, 0.25) is 0 Å². The fraction of sp³-hybridized carbons (Fsp3) is 0.222. The zero-order valence-corrected chi connectivity index (χ0v) is 12.7. The van der Waals surface area contributed by atoms with Crippen molar-refractivity contribution in [2.75, 3.05) is 0 Å². The summed E-state index contributed by atoms with van der Waals surface area (Å²) in [6, 6.07) is 14.7. The first kappa shape index (κ1) is 14.1. The Labute approximate surface area is 133 Å². The van der Waals surface area contributed by atoms with Crippen molar-refractivity contribution < 1.29 is 9.13 Å². The SMILES string of the molecule is CC1OC1(Cn1cncn1)c1ccc(-c2ccccc2F)cc1. The predicted molar refractivity (Wildman–Crippen MR) is 84.1 cm³/mol. The number of hydrogen-bond acceptors (Lipinski definition) is 3. The molecule has 1 fully saturated rings. The molecule has 23 heavy (non-hydrogen) atoms. The van der Waals surface area contributed by atoms with E-state index >= 15 is 0 Å². The van der Waals surface area contributed by atoms with Gasteiger partial charge in [0.15, 0.2) is 0 Å². The van der Waals surface area contributed by atoms with E-state index in [0.717, 1.165) is 11.1 Å². The lowest BCUT2D eigenvalue weighted by Crippen LogP contribution is -2.20. The summed E-state index contributed by atoms with van der Waals surface area (Å²) < 4.78 is 21.5. The molecule has 5 heteroatoms.